The maximum atomic E-state index is 10.5. The number of halogens is 1. The molecule has 0 N–H and O–H groups in total. The summed E-state index contributed by atoms with van der Waals surface area (Å²) < 4.78 is 1.61. The van der Waals surface area contributed by atoms with Crippen LogP contribution in [0.15, 0.2) is 22.9 Å². The molecule has 1 aromatic heterocycles. The molecule has 0 unspecified atom stereocenters. The van der Waals surface area contributed by atoms with Crippen LogP contribution in [-0.4, -0.2) is 0 Å². The molecule has 0 spiro atoms. The molecule has 0 aliphatic carbocycles. The highest BCUT2D eigenvalue weighted by atomic mass is 79.9. The monoisotopic (exact) mass is 187 g/mol. The Morgan fingerprint density at radius 3 is 2.78 bits per heavy atom. The minimum Gasteiger partial charge on any atom is -0.619 e. The van der Waals surface area contributed by atoms with Gasteiger partial charge in [-0.2, -0.15) is 4.73 Å². The summed E-state index contributed by atoms with van der Waals surface area (Å²) in [6.07, 6.45) is 2.95. The van der Waals surface area contributed by atoms with Crippen LogP contribution in [0.25, 0.3) is 0 Å². The molecular formula is C6H6BrNO. The predicted octanol–water partition coefficient (Wildman–Crippen LogP) is 1.39. The molecule has 48 valence electrons. The van der Waals surface area contributed by atoms with E-state index in [1.165, 1.54) is 12.4 Å². The van der Waals surface area contributed by atoms with Crippen molar-refractivity contribution in [3.05, 3.63) is 33.7 Å². The van der Waals surface area contributed by atoms with E-state index in [2.05, 4.69) is 15.9 Å². The van der Waals surface area contributed by atoms with Crippen molar-refractivity contribution in [3.8, 4) is 0 Å². The smallest absolute Gasteiger partial charge is 0.194 e. The van der Waals surface area contributed by atoms with Gasteiger partial charge in [-0.3, -0.25) is 0 Å². The molecule has 0 saturated carbocycles. The van der Waals surface area contributed by atoms with E-state index in [1.807, 2.05) is 6.92 Å². The zero-order chi connectivity index (χ0) is 6.85. The first-order valence-electron chi connectivity index (χ1n) is 2.55. The van der Waals surface area contributed by atoms with E-state index < -0.39 is 0 Å². The predicted molar refractivity (Wildman–Crippen MR) is 37.8 cm³/mol. The lowest BCUT2D eigenvalue weighted by Gasteiger charge is -1.96. The van der Waals surface area contributed by atoms with Crippen LogP contribution in [-0.2, 0) is 0 Å². The molecule has 0 saturated heterocycles. The molecule has 0 aliphatic rings. The number of aryl methyl sites for hydroxylation is 1. The molecule has 2 nitrogen and oxygen atoms in total. The maximum Gasteiger partial charge on any atom is 0.194 e. The third-order valence-electron chi connectivity index (χ3n) is 1.09. The van der Waals surface area contributed by atoms with Gasteiger partial charge in [0.15, 0.2) is 12.4 Å². The number of aromatic nitrogens is 1. The second kappa shape index (κ2) is 2.35. The summed E-state index contributed by atoms with van der Waals surface area (Å²) in [5, 5.41) is 10.5. The third-order valence-corrected chi connectivity index (χ3v) is 1.92. The highest BCUT2D eigenvalue weighted by Gasteiger charge is 1.95. The molecule has 1 heterocycles. The summed E-state index contributed by atoms with van der Waals surface area (Å²) in [6, 6.07) is 1.76. The van der Waals surface area contributed by atoms with Crippen molar-refractivity contribution in [3.63, 3.8) is 0 Å². The molecule has 1 aromatic rings. The Balaban J connectivity index is 3.17. The van der Waals surface area contributed by atoms with E-state index in [-0.39, 0.29) is 0 Å². The average molecular weight is 188 g/mol. The summed E-state index contributed by atoms with van der Waals surface area (Å²) in [6.45, 7) is 1.93. The Morgan fingerprint density at radius 1 is 1.67 bits per heavy atom. The van der Waals surface area contributed by atoms with E-state index in [0.717, 1.165) is 14.8 Å². The van der Waals surface area contributed by atoms with E-state index in [9.17, 15) is 5.21 Å². The van der Waals surface area contributed by atoms with Gasteiger partial charge in [-0.1, -0.05) is 0 Å². The standard InChI is InChI=1S/C6H6BrNO/c1-5-2-3-8(9)4-6(5)7/h2-4H,1H3. The van der Waals surface area contributed by atoms with Gasteiger partial charge < -0.3 is 5.21 Å². The van der Waals surface area contributed by atoms with E-state index >= 15 is 0 Å². The van der Waals surface area contributed by atoms with Crippen LogP contribution in [0.2, 0.25) is 0 Å². The Labute approximate surface area is 61.8 Å². The summed E-state index contributed by atoms with van der Waals surface area (Å²) >= 11 is 3.23. The quantitative estimate of drug-likeness (QED) is 0.446. The summed E-state index contributed by atoms with van der Waals surface area (Å²) in [7, 11) is 0. The van der Waals surface area contributed by atoms with Crippen LogP contribution in [0.1, 0.15) is 5.56 Å². The molecule has 0 fully saturated rings. The van der Waals surface area contributed by atoms with Crippen LogP contribution < -0.4 is 4.73 Å². The first-order valence-corrected chi connectivity index (χ1v) is 3.34. The number of pyridine rings is 1. The van der Waals surface area contributed by atoms with Crippen molar-refractivity contribution in [1.29, 1.82) is 0 Å². The molecule has 0 amide bonds. The minimum absolute atomic E-state index is 0.761. The lowest BCUT2D eigenvalue weighted by atomic mass is 10.3. The highest BCUT2D eigenvalue weighted by molar-refractivity contribution is 9.10. The molecule has 3 heteroatoms. The third kappa shape index (κ3) is 1.42. The molecule has 9 heavy (non-hydrogen) atoms. The van der Waals surface area contributed by atoms with Crippen molar-refractivity contribution in [2.24, 2.45) is 0 Å². The van der Waals surface area contributed by atoms with Crippen molar-refractivity contribution in [1.82, 2.24) is 0 Å². The molecule has 0 aliphatic heterocycles. The van der Waals surface area contributed by atoms with Crippen molar-refractivity contribution < 1.29 is 4.73 Å². The molecule has 0 aromatic carbocycles. The van der Waals surface area contributed by atoms with Crippen molar-refractivity contribution in [2.45, 2.75) is 6.92 Å². The van der Waals surface area contributed by atoms with Crippen LogP contribution in [0.3, 0.4) is 0 Å². The zero-order valence-corrected chi connectivity index (χ0v) is 6.55. The van der Waals surface area contributed by atoms with Crippen LogP contribution in [0, 0.1) is 12.1 Å². The first-order chi connectivity index (χ1) is 4.20. The molecule has 0 radical (unpaired) electrons. The fraction of sp³-hybridized carbons (Fsp3) is 0.167. The number of nitrogens with zero attached hydrogens (tertiary/aromatic N) is 1. The lowest BCUT2D eigenvalue weighted by Crippen LogP contribution is -2.24. The Morgan fingerprint density at radius 2 is 2.33 bits per heavy atom. The maximum absolute atomic E-state index is 10.5. The van der Waals surface area contributed by atoms with E-state index in [1.54, 1.807) is 6.07 Å². The van der Waals surface area contributed by atoms with Gasteiger partial charge in [0, 0.05) is 6.07 Å². The second-order valence-electron chi connectivity index (χ2n) is 1.84. The first kappa shape index (κ1) is 6.55. The van der Waals surface area contributed by atoms with Crippen molar-refractivity contribution >= 4 is 15.9 Å². The summed E-state index contributed by atoms with van der Waals surface area (Å²) in [5.41, 5.74) is 1.07. The largest absolute Gasteiger partial charge is 0.619 e. The van der Waals surface area contributed by atoms with Crippen LogP contribution in [0.5, 0.6) is 0 Å². The molecular weight excluding hydrogens is 182 g/mol. The minimum atomic E-state index is 0.761. The average Bonchev–Trinajstić information content (AvgIpc) is 1.80. The molecule has 0 atom stereocenters. The van der Waals surface area contributed by atoms with Gasteiger partial charge in [0.1, 0.15) is 0 Å². The Hall–Kier alpha value is -0.570. The Bertz CT molecular complexity index is 224. The summed E-state index contributed by atoms with van der Waals surface area (Å²) in [4.78, 5) is 0. The van der Waals surface area contributed by atoms with Gasteiger partial charge in [-0.25, -0.2) is 0 Å². The Kier molecular flexibility index (Phi) is 1.71. The second-order valence-corrected chi connectivity index (χ2v) is 2.69. The number of rotatable bonds is 0. The molecule has 1 rings (SSSR count). The van der Waals surface area contributed by atoms with Gasteiger partial charge in [0.25, 0.3) is 0 Å². The fourth-order valence-corrected chi connectivity index (χ4v) is 0.855. The zero-order valence-electron chi connectivity index (χ0n) is 4.97. The highest BCUT2D eigenvalue weighted by Crippen LogP contribution is 2.10. The molecule has 0 bridgehead atoms. The van der Waals surface area contributed by atoms with Gasteiger partial charge in [-0.05, 0) is 28.4 Å². The van der Waals surface area contributed by atoms with Gasteiger partial charge >= 0.3 is 0 Å². The van der Waals surface area contributed by atoms with Crippen molar-refractivity contribution in [2.75, 3.05) is 0 Å². The topological polar surface area (TPSA) is 26.9 Å². The van der Waals surface area contributed by atoms with Gasteiger partial charge in [0.2, 0.25) is 0 Å². The van der Waals surface area contributed by atoms with E-state index in [0.29, 0.717) is 0 Å². The summed E-state index contributed by atoms with van der Waals surface area (Å²) in [5.74, 6) is 0. The van der Waals surface area contributed by atoms with Gasteiger partial charge in [-0.15, -0.1) is 0 Å². The fourth-order valence-electron chi connectivity index (χ4n) is 0.521. The lowest BCUT2D eigenvalue weighted by molar-refractivity contribution is -0.606. The SMILES string of the molecule is Cc1cc[n+]([O-])cc1Br. The van der Waals surface area contributed by atoms with E-state index in [4.69, 9.17) is 0 Å². The van der Waals surface area contributed by atoms with Gasteiger partial charge in [0.05, 0.1) is 4.47 Å². The van der Waals surface area contributed by atoms with Crippen LogP contribution >= 0.6 is 15.9 Å². The normalized spacial score (nSPS) is 9.56. The van der Waals surface area contributed by atoms with Crippen LogP contribution in [0.4, 0.5) is 0 Å². The number of hydrogen-bond acceptors (Lipinski definition) is 1. The number of hydrogen-bond donors (Lipinski definition) is 0.